The zero-order valence-electron chi connectivity index (χ0n) is 17.1. The third-order valence-corrected chi connectivity index (χ3v) is 5.86. The Morgan fingerprint density at radius 2 is 1.75 bits per heavy atom. The smallest absolute Gasteiger partial charge is 0.165 e. The summed E-state index contributed by atoms with van der Waals surface area (Å²) in [7, 11) is 0. The molecule has 6 heteroatoms. The van der Waals surface area contributed by atoms with Crippen LogP contribution < -0.4 is 4.90 Å². The van der Waals surface area contributed by atoms with Crippen molar-refractivity contribution in [2.75, 3.05) is 37.6 Å². The van der Waals surface area contributed by atoms with Gasteiger partial charge in [0, 0.05) is 53.8 Å². The quantitative estimate of drug-likeness (QED) is 0.652. The molecule has 0 N–H and O–H groups in total. The van der Waals surface area contributed by atoms with E-state index < -0.39 is 0 Å². The summed E-state index contributed by atoms with van der Waals surface area (Å²) >= 11 is 6.49. The second-order valence-corrected chi connectivity index (χ2v) is 8.85. The number of rotatable bonds is 3. The first-order chi connectivity index (χ1) is 13.4. The lowest BCUT2D eigenvalue weighted by Gasteiger charge is -2.36. The first-order valence-corrected chi connectivity index (χ1v) is 10.4. The van der Waals surface area contributed by atoms with Gasteiger partial charge in [0.25, 0.3) is 0 Å². The van der Waals surface area contributed by atoms with Gasteiger partial charge in [0.2, 0.25) is 0 Å². The van der Waals surface area contributed by atoms with Crippen LogP contribution in [0.1, 0.15) is 33.4 Å². The highest BCUT2D eigenvalue weighted by Gasteiger charge is 2.25. The fourth-order valence-electron chi connectivity index (χ4n) is 3.72. The van der Waals surface area contributed by atoms with Crippen molar-refractivity contribution in [3.05, 3.63) is 47.2 Å². The maximum atomic E-state index is 6.49. The van der Waals surface area contributed by atoms with Crippen LogP contribution in [0.5, 0.6) is 0 Å². The Morgan fingerprint density at radius 3 is 2.39 bits per heavy atom. The average molecular weight is 398 g/mol. The summed E-state index contributed by atoms with van der Waals surface area (Å²) in [5.74, 6) is 1.11. The molecule has 1 aliphatic rings. The van der Waals surface area contributed by atoms with Crippen LogP contribution in [-0.2, 0) is 5.41 Å². The van der Waals surface area contributed by atoms with E-state index in [9.17, 15) is 0 Å². The van der Waals surface area contributed by atoms with Gasteiger partial charge in [-0.25, -0.2) is 4.98 Å². The Morgan fingerprint density at radius 1 is 1.04 bits per heavy atom. The lowest BCUT2D eigenvalue weighted by atomic mass is 9.91. The summed E-state index contributed by atoms with van der Waals surface area (Å²) in [5, 5.41) is 5.43. The fourth-order valence-corrected chi connectivity index (χ4v) is 3.96. The van der Waals surface area contributed by atoms with Crippen molar-refractivity contribution in [1.29, 1.82) is 0 Å². The summed E-state index contributed by atoms with van der Waals surface area (Å²) in [6.45, 7) is 14.1. The Balaban J connectivity index is 1.87. The topological polar surface area (TPSA) is 36.7 Å². The molecule has 3 heterocycles. The lowest BCUT2D eigenvalue weighted by molar-refractivity contribution is 0.270. The summed E-state index contributed by atoms with van der Waals surface area (Å²) in [4.78, 5) is 9.93. The van der Waals surface area contributed by atoms with Crippen molar-refractivity contribution in [2.45, 2.75) is 33.1 Å². The minimum absolute atomic E-state index is 0.0518. The lowest BCUT2D eigenvalue weighted by Crippen LogP contribution is -2.46. The Hall–Kier alpha value is -2.11. The number of hydrogen-bond acceptors (Lipinski definition) is 4. The Kier molecular flexibility index (Phi) is 5.06. The number of anilines is 1. The van der Waals surface area contributed by atoms with Crippen molar-refractivity contribution in [2.24, 2.45) is 0 Å². The number of fused-ring (bicyclic) bond motifs is 1. The van der Waals surface area contributed by atoms with Gasteiger partial charge >= 0.3 is 0 Å². The van der Waals surface area contributed by atoms with E-state index in [2.05, 4.69) is 43.6 Å². The van der Waals surface area contributed by atoms with Crippen molar-refractivity contribution in [1.82, 2.24) is 19.5 Å². The molecule has 2 aromatic heterocycles. The molecule has 0 spiro atoms. The SMILES string of the molecule is CCN1CCN(c2cc(C(C)(C)C)nc3c(-c4ccccc4Cl)cnn23)CC1. The Bertz CT molecular complexity index is 980. The fraction of sp³-hybridized carbons (Fsp3) is 0.455. The predicted molar refractivity (Wildman–Crippen MR) is 116 cm³/mol. The van der Waals surface area contributed by atoms with Crippen molar-refractivity contribution in [3.8, 4) is 11.1 Å². The molecule has 4 rings (SSSR count). The number of nitrogens with zero attached hydrogens (tertiary/aromatic N) is 5. The van der Waals surface area contributed by atoms with Gasteiger partial charge in [-0.05, 0) is 12.6 Å². The van der Waals surface area contributed by atoms with Crippen molar-refractivity contribution < 1.29 is 0 Å². The molecule has 5 nitrogen and oxygen atoms in total. The van der Waals surface area contributed by atoms with Crippen LogP contribution in [0.3, 0.4) is 0 Å². The highest BCUT2D eigenvalue weighted by molar-refractivity contribution is 6.33. The summed E-state index contributed by atoms with van der Waals surface area (Å²) < 4.78 is 1.98. The summed E-state index contributed by atoms with van der Waals surface area (Å²) in [5.41, 5.74) is 3.84. The highest BCUT2D eigenvalue weighted by atomic mass is 35.5. The second-order valence-electron chi connectivity index (χ2n) is 8.44. The zero-order chi connectivity index (χ0) is 19.9. The van der Waals surface area contributed by atoms with Crippen molar-refractivity contribution >= 4 is 23.1 Å². The van der Waals surface area contributed by atoms with E-state index in [0.29, 0.717) is 0 Å². The maximum Gasteiger partial charge on any atom is 0.165 e. The van der Waals surface area contributed by atoms with E-state index in [-0.39, 0.29) is 5.41 Å². The number of aromatic nitrogens is 3. The van der Waals surface area contributed by atoms with Crippen LogP contribution in [0.15, 0.2) is 36.5 Å². The van der Waals surface area contributed by atoms with E-state index in [1.165, 1.54) is 0 Å². The number of likely N-dealkylation sites (N-methyl/N-ethyl adjacent to an activating group) is 1. The second kappa shape index (κ2) is 7.37. The minimum atomic E-state index is -0.0518. The van der Waals surface area contributed by atoms with E-state index in [4.69, 9.17) is 21.7 Å². The van der Waals surface area contributed by atoms with E-state index >= 15 is 0 Å². The molecule has 1 saturated heterocycles. The first-order valence-electron chi connectivity index (χ1n) is 10.00. The van der Waals surface area contributed by atoms with E-state index in [1.54, 1.807) is 0 Å². The molecule has 28 heavy (non-hydrogen) atoms. The first kappa shape index (κ1) is 19.2. The summed E-state index contributed by atoms with van der Waals surface area (Å²) in [6, 6.07) is 10.1. The zero-order valence-corrected chi connectivity index (χ0v) is 17.9. The van der Waals surface area contributed by atoms with Gasteiger partial charge in [0.05, 0.1) is 11.9 Å². The minimum Gasteiger partial charge on any atom is -0.354 e. The van der Waals surface area contributed by atoms with Gasteiger partial charge < -0.3 is 9.80 Å². The van der Waals surface area contributed by atoms with Gasteiger partial charge in [0.1, 0.15) is 5.82 Å². The molecule has 1 aromatic carbocycles. The van der Waals surface area contributed by atoms with Crippen LogP contribution >= 0.6 is 11.6 Å². The van der Waals surface area contributed by atoms with Crippen LogP contribution in [0.4, 0.5) is 5.82 Å². The van der Waals surface area contributed by atoms with Gasteiger partial charge in [-0.1, -0.05) is 57.5 Å². The molecule has 0 radical (unpaired) electrons. The molecule has 148 valence electrons. The maximum absolute atomic E-state index is 6.49. The van der Waals surface area contributed by atoms with Crippen LogP contribution in [0.25, 0.3) is 16.8 Å². The third kappa shape index (κ3) is 3.49. The van der Waals surface area contributed by atoms with Gasteiger partial charge in [-0.3, -0.25) is 0 Å². The van der Waals surface area contributed by atoms with E-state index in [1.807, 2.05) is 35.0 Å². The molecule has 0 saturated carbocycles. The Labute approximate surface area is 171 Å². The third-order valence-electron chi connectivity index (χ3n) is 5.53. The summed E-state index contributed by atoms with van der Waals surface area (Å²) in [6.07, 6.45) is 1.89. The molecule has 0 bridgehead atoms. The van der Waals surface area contributed by atoms with Crippen LogP contribution in [0, 0.1) is 0 Å². The molecule has 1 aliphatic heterocycles. The van der Waals surface area contributed by atoms with Crippen LogP contribution in [0.2, 0.25) is 5.02 Å². The largest absolute Gasteiger partial charge is 0.354 e. The van der Waals surface area contributed by atoms with Gasteiger partial charge in [0.15, 0.2) is 5.65 Å². The van der Waals surface area contributed by atoms with Crippen LogP contribution in [-0.4, -0.2) is 52.2 Å². The molecular formula is C22H28ClN5. The normalized spacial score (nSPS) is 16.1. The number of benzene rings is 1. The predicted octanol–water partition coefficient (Wildman–Crippen LogP) is 4.49. The number of piperazine rings is 1. The molecule has 0 atom stereocenters. The monoisotopic (exact) mass is 397 g/mol. The van der Waals surface area contributed by atoms with Crippen molar-refractivity contribution in [3.63, 3.8) is 0 Å². The molecular weight excluding hydrogens is 370 g/mol. The molecule has 0 unspecified atom stereocenters. The number of hydrogen-bond donors (Lipinski definition) is 0. The van der Waals surface area contributed by atoms with E-state index in [0.717, 1.165) is 66.0 Å². The average Bonchev–Trinajstić information content (AvgIpc) is 3.11. The standard InChI is InChI=1S/C22H28ClN5/c1-5-26-10-12-27(13-11-26)20-14-19(22(2,3)4)25-21-17(15-24-28(20)21)16-8-6-7-9-18(16)23/h6-9,14-15H,5,10-13H2,1-4H3. The van der Waals surface area contributed by atoms with Gasteiger partial charge in [-0.2, -0.15) is 9.61 Å². The molecule has 0 amide bonds. The highest BCUT2D eigenvalue weighted by Crippen LogP contribution is 2.34. The molecule has 0 aliphatic carbocycles. The number of halogens is 1. The molecule has 1 fully saturated rings. The molecule has 3 aromatic rings. The van der Waals surface area contributed by atoms with Gasteiger partial charge in [-0.15, -0.1) is 0 Å².